The Morgan fingerprint density at radius 3 is 2.20 bits per heavy atom. The molecule has 5 heteroatoms. The Morgan fingerprint density at radius 1 is 1.33 bits per heavy atom. The van der Waals surface area contributed by atoms with Crippen molar-refractivity contribution in [1.82, 2.24) is 0 Å². The van der Waals surface area contributed by atoms with Crippen LogP contribution in [0.5, 0.6) is 11.5 Å². The summed E-state index contributed by atoms with van der Waals surface area (Å²) in [5.41, 5.74) is 0.778. The molecule has 4 N–H and O–H groups in total. The second-order valence-electron chi connectivity index (χ2n) is 2.69. The molecule has 0 heterocycles. The zero-order valence-corrected chi connectivity index (χ0v) is 8.34. The molecule has 0 saturated heterocycles. The Bertz CT molecular complexity index is 322. The predicted octanol–water partition coefficient (Wildman–Crippen LogP) is 0.723. The van der Waals surface area contributed by atoms with Gasteiger partial charge >= 0.3 is 5.97 Å². The molecule has 0 atom stereocenters. The summed E-state index contributed by atoms with van der Waals surface area (Å²) in [6, 6.07) is 4.97. The van der Waals surface area contributed by atoms with Crippen LogP contribution in [0.25, 0.3) is 0 Å². The number of aliphatic carboxylic acids is 1. The van der Waals surface area contributed by atoms with Crippen LogP contribution >= 0.6 is 0 Å². The maximum Gasteiger partial charge on any atom is 0.329 e. The van der Waals surface area contributed by atoms with Gasteiger partial charge in [-0.25, -0.2) is 4.79 Å². The predicted molar refractivity (Wildman–Crippen MR) is 53.9 cm³/mol. The summed E-state index contributed by atoms with van der Waals surface area (Å²) in [5, 5.41) is 33.1. The number of aromatic hydroxyl groups is 2. The third-order valence-corrected chi connectivity index (χ3v) is 1.61. The molecular formula is C10H14O5. The van der Waals surface area contributed by atoms with Crippen molar-refractivity contribution in [2.24, 2.45) is 0 Å². The van der Waals surface area contributed by atoms with E-state index in [0.29, 0.717) is 0 Å². The van der Waals surface area contributed by atoms with Gasteiger partial charge in [-0.05, 0) is 18.1 Å². The molecule has 0 radical (unpaired) electrons. The van der Waals surface area contributed by atoms with Gasteiger partial charge in [-0.3, -0.25) is 0 Å². The molecule has 0 aromatic heterocycles. The Kier molecular flexibility index (Phi) is 5.89. The molecule has 84 valence electrons. The number of aliphatic hydroxyl groups excluding tert-OH is 1. The van der Waals surface area contributed by atoms with Gasteiger partial charge in [0, 0.05) is 0 Å². The number of phenolic OH excluding ortho intramolecular Hbond substituents is 2. The van der Waals surface area contributed by atoms with Crippen molar-refractivity contribution >= 4 is 5.97 Å². The fourth-order valence-electron chi connectivity index (χ4n) is 0.863. The number of carboxylic acids is 1. The minimum absolute atomic E-state index is 0.00463. The number of benzene rings is 1. The number of hydrogen-bond acceptors (Lipinski definition) is 4. The highest BCUT2D eigenvalue weighted by molar-refractivity contribution is 5.67. The summed E-state index contributed by atoms with van der Waals surface area (Å²) in [6.07, 6.45) is 0.736. The number of hydrogen-bond donors (Lipinski definition) is 4. The molecule has 0 aliphatic carbocycles. The van der Waals surface area contributed by atoms with Gasteiger partial charge in [0.2, 0.25) is 0 Å². The minimum atomic E-state index is -1.19. The molecule has 1 rings (SSSR count). The minimum Gasteiger partial charge on any atom is -0.504 e. The van der Waals surface area contributed by atoms with Gasteiger partial charge in [0.15, 0.2) is 11.5 Å². The molecular weight excluding hydrogens is 200 g/mol. The normalized spacial score (nSPS) is 8.93. The Morgan fingerprint density at radius 2 is 1.87 bits per heavy atom. The molecule has 0 unspecified atom stereocenters. The molecule has 0 bridgehead atoms. The maximum absolute atomic E-state index is 9.15. The van der Waals surface area contributed by atoms with Crippen molar-refractivity contribution in [3.05, 3.63) is 23.8 Å². The van der Waals surface area contributed by atoms with Gasteiger partial charge in [0.1, 0.15) is 6.61 Å². The van der Waals surface area contributed by atoms with Crippen LogP contribution in [0.15, 0.2) is 18.2 Å². The largest absolute Gasteiger partial charge is 0.504 e. The van der Waals surface area contributed by atoms with E-state index in [0.717, 1.165) is 12.0 Å². The first-order valence-corrected chi connectivity index (χ1v) is 4.35. The summed E-state index contributed by atoms with van der Waals surface area (Å²) >= 11 is 0. The highest BCUT2D eigenvalue weighted by atomic mass is 16.4. The summed E-state index contributed by atoms with van der Waals surface area (Å²) in [5.74, 6) is -1.23. The SMILES string of the molecule is CCc1cccc(O)c1O.O=C(O)CO. The quantitative estimate of drug-likeness (QED) is 0.544. The molecule has 0 aliphatic heterocycles. The molecule has 1 aromatic rings. The third-order valence-electron chi connectivity index (χ3n) is 1.61. The highest BCUT2D eigenvalue weighted by Gasteiger charge is 2.01. The number of carboxylic acid groups (broad SMARTS) is 1. The molecule has 0 fully saturated rings. The molecule has 0 saturated carbocycles. The van der Waals surface area contributed by atoms with Crippen LogP contribution in [0.4, 0.5) is 0 Å². The van der Waals surface area contributed by atoms with Crippen LogP contribution in [0.2, 0.25) is 0 Å². The summed E-state index contributed by atoms with van der Waals surface area (Å²) in [6.45, 7) is 1.15. The lowest BCUT2D eigenvalue weighted by Crippen LogP contribution is -1.98. The first-order valence-electron chi connectivity index (χ1n) is 4.35. The average molecular weight is 214 g/mol. The van der Waals surface area contributed by atoms with E-state index in [1.54, 1.807) is 12.1 Å². The monoisotopic (exact) mass is 214 g/mol. The molecule has 1 aromatic carbocycles. The number of phenols is 2. The molecule has 0 spiro atoms. The van der Waals surface area contributed by atoms with Crippen LogP contribution in [0.3, 0.4) is 0 Å². The smallest absolute Gasteiger partial charge is 0.329 e. The summed E-state index contributed by atoms with van der Waals surface area (Å²) in [4.78, 5) is 9.12. The molecule has 0 aliphatic rings. The van der Waals surface area contributed by atoms with Gasteiger partial charge in [0.25, 0.3) is 0 Å². The summed E-state index contributed by atoms with van der Waals surface area (Å²) < 4.78 is 0. The van der Waals surface area contributed by atoms with Gasteiger partial charge < -0.3 is 20.4 Å². The van der Waals surface area contributed by atoms with Gasteiger partial charge in [0.05, 0.1) is 0 Å². The lowest BCUT2D eigenvalue weighted by Gasteiger charge is -2.01. The summed E-state index contributed by atoms with van der Waals surface area (Å²) in [7, 11) is 0. The van der Waals surface area contributed by atoms with Crippen molar-refractivity contribution in [1.29, 1.82) is 0 Å². The fraction of sp³-hybridized carbons (Fsp3) is 0.300. The topological polar surface area (TPSA) is 98.0 Å². The third kappa shape index (κ3) is 4.87. The lowest BCUT2D eigenvalue weighted by molar-refractivity contribution is -0.140. The van der Waals surface area contributed by atoms with E-state index in [9.17, 15) is 0 Å². The van der Waals surface area contributed by atoms with Crippen molar-refractivity contribution in [2.45, 2.75) is 13.3 Å². The van der Waals surface area contributed by atoms with E-state index < -0.39 is 12.6 Å². The Labute approximate surface area is 87.2 Å². The van der Waals surface area contributed by atoms with Crippen molar-refractivity contribution in [3.8, 4) is 11.5 Å². The Hall–Kier alpha value is -1.75. The number of rotatable bonds is 2. The van der Waals surface area contributed by atoms with Crippen molar-refractivity contribution < 1.29 is 25.2 Å². The number of aliphatic hydroxyl groups is 1. The van der Waals surface area contributed by atoms with Gasteiger partial charge in [-0.2, -0.15) is 0 Å². The van der Waals surface area contributed by atoms with Crippen LogP contribution in [0, 0.1) is 0 Å². The van der Waals surface area contributed by atoms with E-state index in [1.165, 1.54) is 6.07 Å². The van der Waals surface area contributed by atoms with E-state index in [1.807, 2.05) is 6.92 Å². The van der Waals surface area contributed by atoms with E-state index >= 15 is 0 Å². The fourth-order valence-corrected chi connectivity index (χ4v) is 0.863. The lowest BCUT2D eigenvalue weighted by atomic mass is 10.1. The zero-order valence-electron chi connectivity index (χ0n) is 8.34. The first kappa shape index (κ1) is 13.2. The molecule has 5 nitrogen and oxygen atoms in total. The molecule has 15 heavy (non-hydrogen) atoms. The van der Waals surface area contributed by atoms with Gasteiger partial charge in [-0.15, -0.1) is 0 Å². The van der Waals surface area contributed by atoms with Crippen LogP contribution in [-0.2, 0) is 11.2 Å². The Balaban J connectivity index is 0.000000336. The number of aryl methyl sites for hydroxylation is 1. The first-order chi connectivity index (χ1) is 7.02. The van der Waals surface area contributed by atoms with Gasteiger partial charge in [-0.1, -0.05) is 19.1 Å². The van der Waals surface area contributed by atoms with Crippen LogP contribution in [-0.4, -0.2) is 33.0 Å². The maximum atomic E-state index is 9.15. The highest BCUT2D eigenvalue weighted by Crippen LogP contribution is 2.27. The zero-order chi connectivity index (χ0) is 11.8. The van der Waals surface area contributed by atoms with E-state index in [-0.39, 0.29) is 11.5 Å². The van der Waals surface area contributed by atoms with Crippen LogP contribution < -0.4 is 0 Å². The van der Waals surface area contributed by atoms with E-state index in [4.69, 9.17) is 25.2 Å². The van der Waals surface area contributed by atoms with Crippen molar-refractivity contribution in [2.75, 3.05) is 6.61 Å². The number of carbonyl (C=O) groups is 1. The van der Waals surface area contributed by atoms with Crippen LogP contribution in [0.1, 0.15) is 12.5 Å². The molecule has 0 amide bonds. The second-order valence-corrected chi connectivity index (χ2v) is 2.69. The van der Waals surface area contributed by atoms with Crippen molar-refractivity contribution in [3.63, 3.8) is 0 Å². The second kappa shape index (κ2) is 6.67. The van der Waals surface area contributed by atoms with E-state index in [2.05, 4.69) is 0 Å². The standard InChI is InChI=1S/C8H10O2.C2H4O3/c1-2-6-4-3-5-7(9)8(6)10;3-1-2(4)5/h3-5,9-10H,2H2,1H3;3H,1H2,(H,4,5). The number of para-hydroxylation sites is 1. The average Bonchev–Trinajstić information content (AvgIpc) is 2.23.